The zero-order chi connectivity index (χ0) is 19.7. The average molecular weight is 421 g/mol. The number of amides is 1. The molecule has 9 nitrogen and oxygen atoms in total. The van der Waals surface area contributed by atoms with Gasteiger partial charge in [-0.1, -0.05) is 11.6 Å². The number of hydrogen-bond acceptors (Lipinski definition) is 5. The summed E-state index contributed by atoms with van der Waals surface area (Å²) < 4.78 is 29.6. The van der Waals surface area contributed by atoms with Crippen LogP contribution in [0.4, 0.5) is 5.69 Å². The maximum Gasteiger partial charge on any atom is 0.270 e. The van der Waals surface area contributed by atoms with Crippen LogP contribution in [0.2, 0.25) is 5.02 Å². The molecule has 0 unspecified atom stereocenters. The zero-order valence-corrected chi connectivity index (χ0v) is 16.2. The van der Waals surface area contributed by atoms with Gasteiger partial charge in [-0.3, -0.25) is 9.52 Å². The van der Waals surface area contributed by atoms with E-state index in [9.17, 15) is 13.2 Å². The summed E-state index contributed by atoms with van der Waals surface area (Å²) in [6.07, 6.45) is 6.00. The average Bonchev–Trinajstić information content (AvgIpc) is 3.42. The van der Waals surface area contributed by atoms with Gasteiger partial charge in [-0.05, 0) is 37.1 Å². The SMILES string of the molecule is O=C(c1cc(S(=O)(=O)Nc2cc(Cl)ccc2-n2cncn2)c[nH]1)N1CCCC1. The number of likely N-dealkylation sites (tertiary alicyclic amines) is 1. The van der Waals surface area contributed by atoms with Gasteiger partial charge in [0, 0.05) is 24.3 Å². The van der Waals surface area contributed by atoms with E-state index in [-0.39, 0.29) is 22.2 Å². The van der Waals surface area contributed by atoms with E-state index < -0.39 is 10.0 Å². The molecule has 1 fully saturated rings. The van der Waals surface area contributed by atoms with Crippen LogP contribution in [0.25, 0.3) is 5.69 Å². The van der Waals surface area contributed by atoms with Gasteiger partial charge in [0.15, 0.2) is 0 Å². The number of rotatable bonds is 5. The van der Waals surface area contributed by atoms with Crippen LogP contribution in [0.5, 0.6) is 0 Å². The summed E-state index contributed by atoms with van der Waals surface area (Å²) >= 11 is 6.03. The van der Waals surface area contributed by atoms with E-state index in [0.717, 1.165) is 12.8 Å². The number of H-pyrrole nitrogens is 1. The van der Waals surface area contributed by atoms with Crippen molar-refractivity contribution >= 4 is 33.2 Å². The normalized spacial score (nSPS) is 14.4. The van der Waals surface area contributed by atoms with Gasteiger partial charge in [-0.25, -0.2) is 18.1 Å². The third kappa shape index (κ3) is 3.60. The molecule has 3 heterocycles. The van der Waals surface area contributed by atoms with Crippen LogP contribution in [0.1, 0.15) is 23.3 Å². The topological polar surface area (TPSA) is 113 Å². The fourth-order valence-electron chi connectivity index (χ4n) is 3.07. The van der Waals surface area contributed by atoms with Crippen molar-refractivity contribution in [1.29, 1.82) is 0 Å². The second-order valence-electron chi connectivity index (χ2n) is 6.36. The number of aromatic nitrogens is 4. The van der Waals surface area contributed by atoms with Crippen molar-refractivity contribution in [3.05, 3.63) is 53.8 Å². The molecule has 3 aromatic rings. The molecule has 0 radical (unpaired) electrons. The monoisotopic (exact) mass is 420 g/mol. The molecule has 0 atom stereocenters. The lowest BCUT2D eigenvalue weighted by Crippen LogP contribution is -2.27. The fourth-order valence-corrected chi connectivity index (χ4v) is 4.30. The largest absolute Gasteiger partial charge is 0.356 e. The smallest absolute Gasteiger partial charge is 0.270 e. The number of anilines is 1. The van der Waals surface area contributed by atoms with Crippen LogP contribution in [-0.4, -0.2) is 52.1 Å². The third-order valence-corrected chi connectivity index (χ3v) is 6.04. The quantitative estimate of drug-likeness (QED) is 0.657. The summed E-state index contributed by atoms with van der Waals surface area (Å²) in [6, 6.07) is 6.08. The molecule has 2 N–H and O–H groups in total. The molecule has 28 heavy (non-hydrogen) atoms. The van der Waals surface area contributed by atoms with Crippen molar-refractivity contribution in [2.45, 2.75) is 17.7 Å². The second kappa shape index (κ2) is 7.28. The Kier molecular flexibility index (Phi) is 4.82. The number of carbonyl (C=O) groups excluding carboxylic acids is 1. The van der Waals surface area contributed by atoms with Gasteiger partial charge in [-0.15, -0.1) is 0 Å². The lowest BCUT2D eigenvalue weighted by molar-refractivity contribution is 0.0787. The third-order valence-electron chi connectivity index (χ3n) is 4.46. The molecule has 1 amide bonds. The van der Waals surface area contributed by atoms with Gasteiger partial charge in [0.05, 0.1) is 11.4 Å². The van der Waals surface area contributed by atoms with E-state index >= 15 is 0 Å². The van der Waals surface area contributed by atoms with Gasteiger partial charge >= 0.3 is 0 Å². The first-order valence-corrected chi connectivity index (χ1v) is 10.5. The number of benzene rings is 1. The highest BCUT2D eigenvalue weighted by atomic mass is 35.5. The van der Waals surface area contributed by atoms with Crippen molar-refractivity contribution in [3.8, 4) is 5.69 Å². The minimum absolute atomic E-state index is 0.0421. The molecule has 1 aliphatic heterocycles. The number of nitrogens with one attached hydrogen (secondary N) is 2. The van der Waals surface area contributed by atoms with E-state index in [0.29, 0.717) is 23.8 Å². The molecular formula is C17H17ClN6O3S. The zero-order valence-electron chi connectivity index (χ0n) is 14.7. The first kappa shape index (κ1) is 18.5. The van der Waals surface area contributed by atoms with Crippen molar-refractivity contribution in [3.63, 3.8) is 0 Å². The van der Waals surface area contributed by atoms with Gasteiger partial charge in [0.1, 0.15) is 23.2 Å². The Bertz CT molecular complexity index is 1100. The second-order valence-corrected chi connectivity index (χ2v) is 8.47. The van der Waals surface area contributed by atoms with E-state index in [1.807, 2.05) is 0 Å². The van der Waals surface area contributed by atoms with Crippen LogP contribution in [0, 0.1) is 0 Å². The van der Waals surface area contributed by atoms with E-state index in [1.54, 1.807) is 17.0 Å². The number of sulfonamides is 1. The number of hydrogen-bond donors (Lipinski definition) is 2. The van der Waals surface area contributed by atoms with Crippen molar-refractivity contribution in [2.24, 2.45) is 0 Å². The molecule has 2 aromatic heterocycles. The predicted octanol–water partition coefficient (Wildman–Crippen LogP) is 2.29. The molecule has 4 rings (SSSR count). The maximum atomic E-state index is 12.8. The molecule has 0 bridgehead atoms. The van der Waals surface area contributed by atoms with Gasteiger partial charge in [0.2, 0.25) is 0 Å². The summed E-state index contributed by atoms with van der Waals surface area (Å²) in [5.41, 5.74) is 0.950. The van der Waals surface area contributed by atoms with Crippen LogP contribution in [-0.2, 0) is 10.0 Å². The van der Waals surface area contributed by atoms with Crippen molar-refractivity contribution in [2.75, 3.05) is 17.8 Å². The minimum atomic E-state index is -3.95. The van der Waals surface area contributed by atoms with E-state index in [4.69, 9.17) is 11.6 Å². The summed E-state index contributed by atoms with van der Waals surface area (Å²) in [5, 5.41) is 4.38. The van der Waals surface area contributed by atoms with E-state index in [1.165, 1.54) is 35.7 Å². The number of halogens is 1. The number of nitrogens with zero attached hydrogens (tertiary/aromatic N) is 4. The molecule has 1 saturated heterocycles. The fraction of sp³-hybridized carbons (Fsp3) is 0.235. The minimum Gasteiger partial charge on any atom is -0.356 e. The number of aromatic amines is 1. The predicted molar refractivity (Wildman–Crippen MR) is 103 cm³/mol. The summed E-state index contributed by atoms with van der Waals surface area (Å²) in [7, 11) is -3.95. The lowest BCUT2D eigenvalue weighted by Gasteiger charge is -2.13. The highest BCUT2D eigenvalue weighted by Crippen LogP contribution is 2.27. The first-order chi connectivity index (χ1) is 13.4. The molecule has 1 aromatic carbocycles. The molecule has 1 aliphatic rings. The van der Waals surface area contributed by atoms with Crippen LogP contribution in [0.3, 0.4) is 0 Å². The van der Waals surface area contributed by atoms with Gasteiger partial charge < -0.3 is 9.88 Å². The van der Waals surface area contributed by atoms with Crippen LogP contribution in [0.15, 0.2) is 48.0 Å². The lowest BCUT2D eigenvalue weighted by atomic mass is 10.3. The van der Waals surface area contributed by atoms with Gasteiger partial charge in [0.25, 0.3) is 15.9 Å². The highest BCUT2D eigenvalue weighted by molar-refractivity contribution is 7.92. The Morgan fingerprint density at radius 1 is 1.21 bits per heavy atom. The van der Waals surface area contributed by atoms with Crippen LogP contribution < -0.4 is 4.72 Å². The molecule has 0 saturated carbocycles. The van der Waals surface area contributed by atoms with Crippen molar-refractivity contribution < 1.29 is 13.2 Å². The summed E-state index contributed by atoms with van der Waals surface area (Å²) in [4.78, 5) is 20.7. The molecule has 146 valence electrons. The summed E-state index contributed by atoms with van der Waals surface area (Å²) in [5.74, 6) is -0.204. The standard InChI is InChI=1S/C17H17ClN6O3S/c18-12-3-4-16(24-11-19-10-21-24)14(7-12)22-28(26,27)13-8-15(20-9-13)17(25)23-5-1-2-6-23/h3-4,7-11,20,22H,1-2,5-6H2. The van der Waals surface area contributed by atoms with E-state index in [2.05, 4.69) is 19.8 Å². The van der Waals surface area contributed by atoms with Crippen LogP contribution >= 0.6 is 11.6 Å². The Morgan fingerprint density at radius 3 is 2.71 bits per heavy atom. The van der Waals surface area contributed by atoms with Gasteiger partial charge in [-0.2, -0.15) is 5.10 Å². The molecule has 0 spiro atoms. The molecular weight excluding hydrogens is 404 g/mol. The van der Waals surface area contributed by atoms with Crippen molar-refractivity contribution in [1.82, 2.24) is 24.6 Å². The Labute approximate surface area is 166 Å². The number of carbonyl (C=O) groups is 1. The Morgan fingerprint density at radius 2 is 2.00 bits per heavy atom. The highest BCUT2D eigenvalue weighted by Gasteiger charge is 2.24. The molecule has 11 heteroatoms. The first-order valence-electron chi connectivity index (χ1n) is 8.59. The maximum absolute atomic E-state index is 12.8. The Hall–Kier alpha value is -2.85. The summed E-state index contributed by atoms with van der Waals surface area (Å²) in [6.45, 7) is 1.37. The Balaban J connectivity index is 1.62. The molecule has 0 aliphatic carbocycles.